The molecular formula is C13H13ClO2. The van der Waals surface area contributed by atoms with Crippen LogP contribution in [-0.4, -0.2) is 5.11 Å². The summed E-state index contributed by atoms with van der Waals surface area (Å²) < 4.78 is 5.16. The van der Waals surface area contributed by atoms with Gasteiger partial charge in [0.1, 0.15) is 5.76 Å². The van der Waals surface area contributed by atoms with Crippen molar-refractivity contribution in [2.24, 2.45) is 0 Å². The van der Waals surface area contributed by atoms with Crippen LogP contribution >= 0.6 is 11.6 Å². The molecule has 1 aromatic heterocycles. The van der Waals surface area contributed by atoms with E-state index in [1.165, 1.54) is 0 Å². The maximum Gasteiger partial charge on any atom is 0.101 e. The number of hydrogen-bond donors (Lipinski definition) is 1. The van der Waals surface area contributed by atoms with E-state index < -0.39 is 6.10 Å². The van der Waals surface area contributed by atoms with Crippen molar-refractivity contribution in [1.29, 1.82) is 0 Å². The van der Waals surface area contributed by atoms with Crippen LogP contribution in [0, 0.1) is 6.92 Å². The van der Waals surface area contributed by atoms with Crippen LogP contribution in [0.15, 0.2) is 41.0 Å². The zero-order valence-electron chi connectivity index (χ0n) is 8.98. The summed E-state index contributed by atoms with van der Waals surface area (Å²) >= 11 is 5.88. The van der Waals surface area contributed by atoms with Gasteiger partial charge < -0.3 is 9.52 Å². The molecule has 1 atom stereocenters. The van der Waals surface area contributed by atoms with Gasteiger partial charge in [0.15, 0.2) is 0 Å². The van der Waals surface area contributed by atoms with Gasteiger partial charge in [0.25, 0.3) is 0 Å². The van der Waals surface area contributed by atoms with Gasteiger partial charge in [-0.1, -0.05) is 23.7 Å². The van der Waals surface area contributed by atoms with Gasteiger partial charge in [-0.15, -0.1) is 0 Å². The van der Waals surface area contributed by atoms with Crippen molar-refractivity contribution >= 4 is 11.6 Å². The number of aliphatic hydroxyl groups excluding tert-OH is 1. The first-order valence-corrected chi connectivity index (χ1v) is 5.50. The second-order valence-electron chi connectivity index (χ2n) is 3.84. The number of rotatable bonds is 3. The smallest absolute Gasteiger partial charge is 0.101 e. The molecule has 0 aliphatic heterocycles. The van der Waals surface area contributed by atoms with Crippen LogP contribution in [0.3, 0.4) is 0 Å². The van der Waals surface area contributed by atoms with Crippen LogP contribution < -0.4 is 0 Å². The third-order valence-electron chi connectivity index (χ3n) is 2.45. The fourth-order valence-corrected chi connectivity index (χ4v) is 1.86. The number of benzene rings is 1. The second-order valence-corrected chi connectivity index (χ2v) is 4.28. The lowest BCUT2D eigenvalue weighted by Gasteiger charge is -2.08. The first kappa shape index (κ1) is 11.2. The van der Waals surface area contributed by atoms with Crippen molar-refractivity contribution in [1.82, 2.24) is 0 Å². The predicted molar refractivity (Wildman–Crippen MR) is 63.6 cm³/mol. The summed E-state index contributed by atoms with van der Waals surface area (Å²) in [7, 11) is 0. The minimum atomic E-state index is -0.545. The Hall–Kier alpha value is -1.25. The highest BCUT2D eigenvalue weighted by Crippen LogP contribution is 2.21. The van der Waals surface area contributed by atoms with E-state index in [0.717, 1.165) is 16.9 Å². The van der Waals surface area contributed by atoms with Crippen molar-refractivity contribution in [3.63, 3.8) is 0 Å². The number of furan rings is 1. The quantitative estimate of drug-likeness (QED) is 0.885. The summed E-state index contributed by atoms with van der Waals surface area (Å²) in [4.78, 5) is 0. The molecule has 0 spiro atoms. The van der Waals surface area contributed by atoms with Crippen molar-refractivity contribution in [2.45, 2.75) is 19.4 Å². The van der Waals surface area contributed by atoms with Crippen LogP contribution in [0.2, 0.25) is 5.02 Å². The molecule has 0 saturated carbocycles. The molecule has 2 rings (SSSR count). The van der Waals surface area contributed by atoms with Crippen molar-refractivity contribution in [2.75, 3.05) is 0 Å². The first-order valence-electron chi connectivity index (χ1n) is 5.12. The number of aryl methyl sites for hydroxylation is 1. The number of halogens is 1. The number of hydrogen-bond acceptors (Lipinski definition) is 2. The Morgan fingerprint density at radius 3 is 2.81 bits per heavy atom. The summed E-state index contributed by atoms with van der Waals surface area (Å²) in [5.74, 6) is 0.806. The van der Waals surface area contributed by atoms with E-state index in [0.29, 0.717) is 11.4 Å². The maximum atomic E-state index is 9.98. The molecule has 0 aliphatic carbocycles. The molecule has 0 bridgehead atoms. The molecule has 1 heterocycles. The summed E-state index contributed by atoms with van der Waals surface area (Å²) in [6, 6.07) is 9.35. The van der Waals surface area contributed by atoms with Gasteiger partial charge in [-0.3, -0.25) is 0 Å². The molecule has 1 unspecified atom stereocenters. The highest BCUT2D eigenvalue weighted by atomic mass is 35.5. The van der Waals surface area contributed by atoms with E-state index in [4.69, 9.17) is 16.0 Å². The van der Waals surface area contributed by atoms with Crippen molar-refractivity contribution in [3.8, 4) is 0 Å². The Morgan fingerprint density at radius 1 is 1.38 bits per heavy atom. The van der Waals surface area contributed by atoms with E-state index >= 15 is 0 Å². The van der Waals surface area contributed by atoms with E-state index in [1.54, 1.807) is 6.26 Å². The lowest BCUT2D eigenvalue weighted by molar-refractivity contribution is 0.177. The minimum Gasteiger partial charge on any atom is -0.469 e. The van der Waals surface area contributed by atoms with E-state index in [1.807, 2.05) is 37.3 Å². The summed E-state index contributed by atoms with van der Waals surface area (Å²) in [5.41, 5.74) is 1.82. The van der Waals surface area contributed by atoms with Gasteiger partial charge in [0, 0.05) is 17.0 Å². The highest BCUT2D eigenvalue weighted by Gasteiger charge is 2.11. The Bertz CT molecular complexity index is 476. The largest absolute Gasteiger partial charge is 0.469 e. The average molecular weight is 237 g/mol. The average Bonchev–Trinajstić information content (AvgIpc) is 2.65. The molecule has 84 valence electrons. The molecule has 3 heteroatoms. The zero-order valence-corrected chi connectivity index (χ0v) is 9.74. The van der Waals surface area contributed by atoms with Crippen molar-refractivity contribution in [3.05, 3.63) is 58.5 Å². The van der Waals surface area contributed by atoms with E-state index in [2.05, 4.69) is 0 Å². The molecule has 2 nitrogen and oxygen atoms in total. The zero-order chi connectivity index (χ0) is 11.5. The third kappa shape index (κ3) is 2.65. The molecule has 16 heavy (non-hydrogen) atoms. The van der Waals surface area contributed by atoms with Crippen LogP contribution in [0.25, 0.3) is 0 Å². The fourth-order valence-electron chi connectivity index (χ4n) is 1.64. The molecule has 1 aromatic carbocycles. The molecule has 2 aromatic rings. The lowest BCUT2D eigenvalue weighted by atomic mass is 10.0. The van der Waals surface area contributed by atoms with E-state index in [9.17, 15) is 5.11 Å². The molecule has 1 N–H and O–H groups in total. The first-order chi connectivity index (χ1) is 7.65. The van der Waals surface area contributed by atoms with Crippen LogP contribution in [0.1, 0.15) is 23.0 Å². The van der Waals surface area contributed by atoms with Gasteiger partial charge in [-0.2, -0.15) is 0 Å². The molecular weight excluding hydrogens is 224 g/mol. The Balaban J connectivity index is 2.10. The summed E-state index contributed by atoms with van der Waals surface area (Å²) in [6.45, 7) is 1.86. The topological polar surface area (TPSA) is 33.4 Å². The van der Waals surface area contributed by atoms with Gasteiger partial charge in [0.2, 0.25) is 0 Å². The fraction of sp³-hybridized carbons (Fsp3) is 0.231. The van der Waals surface area contributed by atoms with Crippen LogP contribution in [-0.2, 0) is 6.42 Å². The predicted octanol–water partition coefficient (Wildman–Crippen LogP) is 3.52. The molecule has 0 aliphatic rings. The second kappa shape index (κ2) is 4.73. The summed E-state index contributed by atoms with van der Waals surface area (Å²) in [5, 5.41) is 10.7. The lowest BCUT2D eigenvalue weighted by Crippen LogP contribution is -2.00. The Labute approximate surface area is 99.5 Å². The molecule has 0 amide bonds. The molecule has 0 radical (unpaired) electrons. The summed E-state index contributed by atoms with van der Waals surface area (Å²) in [6.07, 6.45) is 1.58. The van der Waals surface area contributed by atoms with Crippen LogP contribution in [0.5, 0.6) is 0 Å². The van der Waals surface area contributed by atoms with Gasteiger partial charge in [-0.25, -0.2) is 0 Å². The minimum absolute atomic E-state index is 0.541. The standard InChI is InChI=1S/C13H13ClO2/c1-9-5-11(8-16-9)13(15)7-10-3-2-4-12(14)6-10/h2-6,8,13,15H,7H2,1H3. The maximum absolute atomic E-state index is 9.98. The van der Waals surface area contributed by atoms with Gasteiger partial charge in [0.05, 0.1) is 12.4 Å². The number of aliphatic hydroxyl groups is 1. The Morgan fingerprint density at radius 2 is 2.19 bits per heavy atom. The van der Waals surface area contributed by atoms with Crippen molar-refractivity contribution < 1.29 is 9.52 Å². The molecule has 0 saturated heterocycles. The Kier molecular flexibility index (Phi) is 3.32. The SMILES string of the molecule is Cc1cc(C(O)Cc2cccc(Cl)c2)co1. The van der Waals surface area contributed by atoms with E-state index in [-0.39, 0.29) is 0 Å². The third-order valence-corrected chi connectivity index (χ3v) is 2.69. The van der Waals surface area contributed by atoms with Crippen LogP contribution in [0.4, 0.5) is 0 Å². The molecule has 0 fully saturated rings. The highest BCUT2D eigenvalue weighted by molar-refractivity contribution is 6.30. The van der Waals surface area contributed by atoms with Gasteiger partial charge >= 0.3 is 0 Å². The normalized spacial score (nSPS) is 12.7. The monoisotopic (exact) mass is 236 g/mol. The van der Waals surface area contributed by atoms with Gasteiger partial charge in [-0.05, 0) is 30.7 Å².